The van der Waals surface area contributed by atoms with Crippen LogP contribution < -0.4 is 5.46 Å². The normalized spacial score (nSPS) is 22.0. The van der Waals surface area contributed by atoms with Crippen molar-refractivity contribution in [3.05, 3.63) is 172 Å². The lowest BCUT2D eigenvalue weighted by atomic mass is 9.47. The van der Waals surface area contributed by atoms with E-state index in [-0.39, 0.29) is 34.2 Å². The number of ketones is 2. The molecular formula is C60H60BBrN6O8. The molecule has 0 saturated heterocycles. The highest BCUT2D eigenvalue weighted by atomic mass is 79.9. The Kier molecular flexibility index (Phi) is 15.0. The molecule has 2 spiro atoms. The second kappa shape index (κ2) is 21.8. The van der Waals surface area contributed by atoms with E-state index in [1.165, 1.54) is 11.1 Å². The molecule has 4 heterocycles. The maximum absolute atomic E-state index is 13.4. The Morgan fingerprint density at radius 1 is 0.553 bits per heavy atom. The summed E-state index contributed by atoms with van der Waals surface area (Å²) in [4.78, 5) is 57.8. The van der Waals surface area contributed by atoms with Gasteiger partial charge >= 0.3 is 19.1 Å². The van der Waals surface area contributed by atoms with Gasteiger partial charge in [0.15, 0.2) is 11.6 Å². The summed E-state index contributed by atoms with van der Waals surface area (Å²) in [6.07, 6.45) is 14.9. The molecule has 16 heteroatoms. The predicted octanol–water partition coefficient (Wildman–Crippen LogP) is 10.3. The Morgan fingerprint density at radius 2 is 0.947 bits per heavy atom. The summed E-state index contributed by atoms with van der Waals surface area (Å²) in [5, 5.41) is 46.5. The van der Waals surface area contributed by atoms with E-state index in [9.17, 15) is 24.3 Å². The number of carboxylic acids is 2. The van der Waals surface area contributed by atoms with Crippen LogP contribution in [0.1, 0.15) is 107 Å². The number of aliphatic carboxylic acids is 2. The van der Waals surface area contributed by atoms with E-state index in [0.717, 1.165) is 100 Å². The van der Waals surface area contributed by atoms with Crippen LogP contribution in [0.2, 0.25) is 0 Å². The molecule has 76 heavy (non-hydrogen) atoms. The van der Waals surface area contributed by atoms with Gasteiger partial charge in [-0.2, -0.15) is 10.2 Å². The van der Waals surface area contributed by atoms with Crippen LogP contribution in [0, 0.1) is 48.3 Å². The van der Waals surface area contributed by atoms with E-state index in [1.807, 2.05) is 77.9 Å². The summed E-state index contributed by atoms with van der Waals surface area (Å²) in [7, 11) is -1.34. The fourth-order valence-electron chi connectivity index (χ4n) is 12.4. The van der Waals surface area contributed by atoms with Crippen molar-refractivity contribution in [3.8, 4) is 11.1 Å². The van der Waals surface area contributed by atoms with E-state index in [2.05, 4.69) is 72.5 Å². The Morgan fingerprint density at radius 3 is 1.34 bits per heavy atom. The lowest BCUT2D eigenvalue weighted by molar-refractivity contribution is -0.158. The van der Waals surface area contributed by atoms with Gasteiger partial charge in [0.1, 0.15) is 0 Å². The van der Waals surface area contributed by atoms with Crippen molar-refractivity contribution in [2.75, 3.05) is 0 Å². The molecule has 0 amide bonds. The number of fused-ring (bicyclic) bond motifs is 2. The molecule has 4 aromatic heterocycles. The lowest BCUT2D eigenvalue weighted by Crippen LogP contribution is -2.50. The van der Waals surface area contributed by atoms with Crippen molar-refractivity contribution in [1.82, 2.24) is 29.5 Å². The second-order valence-electron chi connectivity index (χ2n) is 21.8. The monoisotopic (exact) mass is 1080 g/mol. The Labute approximate surface area is 449 Å². The molecule has 388 valence electrons. The molecule has 12 rings (SSSR count). The number of aromatic nitrogens is 6. The summed E-state index contributed by atoms with van der Waals surface area (Å²) in [5.74, 6) is -0.892. The number of carboxylic acid groups (broad SMARTS) is 2. The zero-order valence-corrected chi connectivity index (χ0v) is 44.1. The topological polar surface area (TPSA) is 211 Å². The number of nitrogens with zero attached hydrogens (tertiary/aromatic N) is 6. The highest BCUT2D eigenvalue weighted by molar-refractivity contribution is 9.10. The molecule has 4 aliphatic carbocycles. The number of halogens is 1. The number of carbonyl (C=O) groups excluding carboxylic acids is 2. The van der Waals surface area contributed by atoms with E-state index in [1.54, 1.807) is 42.9 Å². The van der Waals surface area contributed by atoms with Crippen molar-refractivity contribution in [2.45, 2.75) is 91.1 Å². The summed E-state index contributed by atoms with van der Waals surface area (Å²) in [5.41, 5.74) is 10.1. The second-order valence-corrected chi connectivity index (χ2v) is 22.7. The van der Waals surface area contributed by atoms with E-state index >= 15 is 0 Å². The van der Waals surface area contributed by atoms with Crippen molar-refractivity contribution >= 4 is 73.8 Å². The number of pyridine rings is 2. The molecule has 0 bridgehead atoms. The first-order chi connectivity index (χ1) is 36.5. The fraction of sp³-hybridized carbons (Fsp3) is 0.333. The van der Waals surface area contributed by atoms with Crippen LogP contribution in [0.5, 0.6) is 0 Å². The van der Waals surface area contributed by atoms with Gasteiger partial charge in [-0.15, -0.1) is 0 Å². The van der Waals surface area contributed by atoms with Gasteiger partial charge in [-0.1, -0.05) is 113 Å². The molecule has 14 nitrogen and oxygen atoms in total. The molecule has 4 N–H and O–H groups in total. The van der Waals surface area contributed by atoms with Gasteiger partial charge in [-0.3, -0.25) is 38.5 Å². The highest BCUT2D eigenvalue weighted by Gasteiger charge is 2.56. The number of Topliss-reactive ketones (excluding diaryl/α,β-unsaturated/α-hetero) is 2. The number of rotatable bonds is 14. The van der Waals surface area contributed by atoms with Gasteiger partial charge in [-0.25, -0.2) is 0 Å². The van der Waals surface area contributed by atoms with Gasteiger partial charge in [-0.05, 0) is 128 Å². The highest BCUT2D eigenvalue weighted by Crippen LogP contribution is 2.63. The third kappa shape index (κ3) is 11.2. The van der Waals surface area contributed by atoms with E-state index < -0.39 is 19.1 Å². The summed E-state index contributed by atoms with van der Waals surface area (Å²) in [6.45, 7) is 5.05. The minimum atomic E-state index is -1.34. The Bertz CT molecular complexity index is 3410. The van der Waals surface area contributed by atoms with Crippen LogP contribution in [0.15, 0.2) is 138 Å². The zero-order valence-electron chi connectivity index (χ0n) is 42.6. The van der Waals surface area contributed by atoms with Gasteiger partial charge in [0.05, 0.1) is 59.5 Å². The van der Waals surface area contributed by atoms with Crippen molar-refractivity contribution < 1.29 is 39.4 Å². The summed E-state index contributed by atoms with van der Waals surface area (Å²) in [6, 6.07) is 35.5. The maximum Gasteiger partial charge on any atom is 0.488 e. The summed E-state index contributed by atoms with van der Waals surface area (Å²) < 4.78 is 4.84. The molecular weight excluding hydrogens is 1020 g/mol. The van der Waals surface area contributed by atoms with Crippen LogP contribution >= 0.6 is 15.9 Å². The molecule has 4 saturated carbocycles. The van der Waals surface area contributed by atoms with E-state index in [4.69, 9.17) is 15.2 Å². The fourth-order valence-corrected chi connectivity index (χ4v) is 12.7. The average Bonchev–Trinajstić information content (AvgIpc) is 4.00. The zero-order chi connectivity index (χ0) is 53.3. The van der Waals surface area contributed by atoms with Crippen LogP contribution in [0.25, 0.3) is 32.9 Å². The average molecular weight is 1080 g/mol. The number of aryl methyl sites for hydroxylation is 2. The predicted molar refractivity (Wildman–Crippen MR) is 294 cm³/mol. The van der Waals surface area contributed by atoms with Gasteiger partial charge < -0.3 is 20.3 Å². The smallest absolute Gasteiger partial charge is 0.481 e. The maximum atomic E-state index is 13.4. The van der Waals surface area contributed by atoms with Crippen LogP contribution in [-0.4, -0.2) is 80.4 Å². The third-order valence-corrected chi connectivity index (χ3v) is 16.9. The molecule has 0 atom stereocenters. The van der Waals surface area contributed by atoms with Crippen molar-refractivity contribution in [2.24, 2.45) is 34.5 Å². The third-order valence-electron chi connectivity index (χ3n) is 16.3. The number of hydrogen-bond donors (Lipinski definition) is 4. The largest absolute Gasteiger partial charge is 0.488 e. The van der Waals surface area contributed by atoms with Crippen LogP contribution in [0.3, 0.4) is 0 Å². The molecule has 8 aromatic rings. The Hall–Kier alpha value is -7.14. The standard InChI is InChI=1S/C30H29N3O3.C24H24BrN3O3.C6H7BO2/c1-19-25-17-32-33(18-20-7-9-23(10-8-20)22-5-3-2-4-6-22)28(25)26(16-31-19)27(34)11-21-12-30(13-21)14-24(15-30)29(35)36;1-14-19-12-27-28(13-15-2-4-18(25)5-3-15)22(19)20(11-26-14)21(29)6-16-7-24(8-16)9-17(10-24)23(30)31;8-7(9)6-4-2-1-3-5-6/h2-10,16-17,21,24H,11-15,18H2,1H3,(H,35,36);2-5,11-12,16-17H,6-10,13H2,1H3,(H,30,31);1-5,8-9H. The number of carbonyl (C=O) groups is 4. The molecule has 4 fully saturated rings. The molecule has 4 aromatic carbocycles. The van der Waals surface area contributed by atoms with Gasteiger partial charge in [0, 0.05) is 51.9 Å². The number of hydrogen-bond acceptors (Lipinski definition) is 10. The first kappa shape index (κ1) is 52.3. The molecule has 0 aliphatic heterocycles. The first-order valence-electron chi connectivity index (χ1n) is 26.0. The quantitative estimate of drug-likeness (QED) is 0.0592. The van der Waals surface area contributed by atoms with Crippen molar-refractivity contribution in [3.63, 3.8) is 0 Å². The van der Waals surface area contributed by atoms with Gasteiger partial charge in [0.25, 0.3) is 0 Å². The van der Waals surface area contributed by atoms with Crippen molar-refractivity contribution in [1.29, 1.82) is 0 Å². The van der Waals surface area contributed by atoms with E-state index in [0.29, 0.717) is 54.4 Å². The number of benzene rings is 4. The van der Waals surface area contributed by atoms with Crippen LogP contribution in [-0.2, 0) is 22.7 Å². The van der Waals surface area contributed by atoms with Gasteiger partial charge in [0.2, 0.25) is 0 Å². The minimum Gasteiger partial charge on any atom is -0.481 e. The molecule has 0 unspecified atom stereocenters. The van der Waals surface area contributed by atoms with Crippen LogP contribution in [0.4, 0.5) is 0 Å². The lowest BCUT2D eigenvalue weighted by Gasteiger charge is -2.56. The first-order valence-corrected chi connectivity index (χ1v) is 26.8. The minimum absolute atomic E-state index is 0.0997. The Balaban J connectivity index is 0.000000150. The molecule has 4 aliphatic rings. The SMILES string of the molecule is Cc1ncc(C(=O)CC2CC3(C2)CC(C(=O)O)C3)c2c1cnn2Cc1ccc(-c2ccccc2)cc1.Cc1ncc(C(=O)CC2CC3(C2)CC(C(=O)O)C3)c2c1cnn2Cc1ccc(Br)cc1.OB(O)c1ccccc1. The summed E-state index contributed by atoms with van der Waals surface area (Å²) >= 11 is 3.46. The molecule has 0 radical (unpaired) electrons.